The molecule has 2 aliphatic carbocycles. The molecule has 0 atom stereocenters. The predicted molar refractivity (Wildman–Crippen MR) is 59.3 cm³/mol. The molecule has 3 fully saturated rings. The summed E-state index contributed by atoms with van der Waals surface area (Å²) < 4.78 is 0. The van der Waals surface area contributed by atoms with E-state index in [-0.39, 0.29) is 0 Å². The lowest BCUT2D eigenvalue weighted by Gasteiger charge is -2.45. The molecule has 0 aromatic carbocycles. The Kier molecular flexibility index (Phi) is 2.53. The molecule has 3 rings (SSSR count). The van der Waals surface area contributed by atoms with Crippen LogP contribution in [0.15, 0.2) is 0 Å². The summed E-state index contributed by atoms with van der Waals surface area (Å²) in [6, 6.07) is 0.998. The normalized spacial score (nSPS) is 32.6. The van der Waals surface area contributed by atoms with Crippen molar-refractivity contribution in [2.24, 2.45) is 11.8 Å². The molecule has 0 unspecified atom stereocenters. The van der Waals surface area contributed by atoms with E-state index in [1.165, 1.54) is 51.6 Å². The van der Waals surface area contributed by atoms with E-state index in [2.05, 4.69) is 4.90 Å². The van der Waals surface area contributed by atoms with Crippen LogP contribution in [-0.4, -0.2) is 24.0 Å². The molecule has 0 N–H and O–H groups in total. The zero-order valence-corrected chi connectivity index (χ0v) is 9.25. The van der Waals surface area contributed by atoms with Crippen LogP contribution >= 0.6 is 0 Å². The van der Waals surface area contributed by atoms with Gasteiger partial charge in [0, 0.05) is 6.04 Å². The molecule has 0 aromatic heterocycles. The van der Waals surface area contributed by atoms with Crippen LogP contribution in [0.5, 0.6) is 0 Å². The number of nitrogens with zero attached hydrogens (tertiary/aromatic N) is 1. The summed E-state index contributed by atoms with van der Waals surface area (Å²) in [6.45, 7) is 2.84. The van der Waals surface area contributed by atoms with Crippen LogP contribution in [-0.2, 0) is 0 Å². The molecule has 14 heavy (non-hydrogen) atoms. The Morgan fingerprint density at radius 2 is 1.21 bits per heavy atom. The van der Waals surface area contributed by atoms with Crippen molar-refractivity contribution in [3.63, 3.8) is 0 Å². The molecule has 1 heterocycles. The highest BCUT2D eigenvalue weighted by molar-refractivity contribution is 4.87. The van der Waals surface area contributed by atoms with Gasteiger partial charge in [-0.15, -0.1) is 0 Å². The Morgan fingerprint density at radius 1 is 0.643 bits per heavy atom. The third kappa shape index (κ3) is 1.60. The van der Waals surface area contributed by atoms with Crippen molar-refractivity contribution in [3.05, 3.63) is 0 Å². The molecule has 1 saturated heterocycles. The zero-order chi connectivity index (χ0) is 9.38. The Hall–Kier alpha value is -0.0400. The highest BCUT2D eigenvalue weighted by Gasteiger charge is 2.33. The quantitative estimate of drug-likeness (QED) is 0.651. The molecule has 80 valence electrons. The lowest BCUT2D eigenvalue weighted by atomic mass is 9.72. The third-order valence-corrected chi connectivity index (χ3v) is 4.98. The van der Waals surface area contributed by atoms with Crippen LogP contribution in [0.3, 0.4) is 0 Å². The van der Waals surface area contributed by atoms with Crippen molar-refractivity contribution in [2.75, 3.05) is 13.1 Å². The lowest BCUT2D eigenvalue weighted by Crippen LogP contribution is -2.46. The number of rotatable bonds is 2. The summed E-state index contributed by atoms with van der Waals surface area (Å²) >= 11 is 0. The van der Waals surface area contributed by atoms with Crippen LogP contribution in [0.2, 0.25) is 0 Å². The Labute approximate surface area is 87.9 Å². The maximum Gasteiger partial charge on any atom is 0.00952 e. The first-order valence-corrected chi connectivity index (χ1v) is 6.67. The minimum atomic E-state index is 0.998. The van der Waals surface area contributed by atoms with Crippen LogP contribution in [0.25, 0.3) is 0 Å². The van der Waals surface area contributed by atoms with E-state index in [1.54, 1.807) is 12.8 Å². The molecule has 0 bridgehead atoms. The second-order valence-electron chi connectivity index (χ2n) is 5.65. The molecule has 0 spiro atoms. The molecule has 1 heteroatoms. The highest BCUT2D eigenvalue weighted by atomic mass is 15.2. The van der Waals surface area contributed by atoms with Crippen molar-refractivity contribution in [3.8, 4) is 0 Å². The summed E-state index contributed by atoms with van der Waals surface area (Å²) in [4.78, 5) is 2.78. The molecule has 1 nitrogen and oxygen atoms in total. The average molecular weight is 193 g/mol. The first-order valence-electron chi connectivity index (χ1n) is 6.67. The van der Waals surface area contributed by atoms with Crippen molar-refractivity contribution in [2.45, 2.75) is 57.4 Å². The van der Waals surface area contributed by atoms with Crippen LogP contribution in [0, 0.1) is 11.8 Å². The number of piperidine rings is 1. The average Bonchev–Trinajstić information content (AvgIpc) is 2.02. The van der Waals surface area contributed by atoms with Gasteiger partial charge in [-0.3, -0.25) is 0 Å². The Balaban J connectivity index is 1.46. The second-order valence-corrected chi connectivity index (χ2v) is 5.65. The number of hydrogen-bond donors (Lipinski definition) is 0. The van der Waals surface area contributed by atoms with Crippen molar-refractivity contribution in [1.82, 2.24) is 4.90 Å². The van der Waals surface area contributed by atoms with Gasteiger partial charge in [0.25, 0.3) is 0 Å². The Morgan fingerprint density at radius 3 is 1.64 bits per heavy atom. The van der Waals surface area contributed by atoms with Gasteiger partial charge in [-0.25, -0.2) is 0 Å². The van der Waals surface area contributed by atoms with Crippen molar-refractivity contribution >= 4 is 0 Å². The number of likely N-dealkylation sites (tertiary alicyclic amines) is 1. The highest BCUT2D eigenvalue weighted by Crippen LogP contribution is 2.39. The fraction of sp³-hybridized carbons (Fsp3) is 1.00. The predicted octanol–water partition coefficient (Wildman–Crippen LogP) is 3.05. The minimum absolute atomic E-state index is 0.998. The summed E-state index contributed by atoms with van der Waals surface area (Å²) in [7, 11) is 0. The van der Waals surface area contributed by atoms with Gasteiger partial charge in [0.15, 0.2) is 0 Å². The van der Waals surface area contributed by atoms with Gasteiger partial charge in [0.1, 0.15) is 0 Å². The van der Waals surface area contributed by atoms with E-state index in [0.717, 1.165) is 17.9 Å². The first kappa shape index (κ1) is 9.21. The van der Waals surface area contributed by atoms with E-state index in [1.807, 2.05) is 0 Å². The molecule has 0 aromatic rings. The summed E-state index contributed by atoms with van der Waals surface area (Å²) in [5.41, 5.74) is 0. The van der Waals surface area contributed by atoms with Gasteiger partial charge in [-0.05, 0) is 50.6 Å². The SMILES string of the molecule is C1CC(C2CCN(C3CCC3)CC2)C1. The molecule has 0 radical (unpaired) electrons. The smallest absolute Gasteiger partial charge is 0.00952 e. The summed E-state index contributed by atoms with van der Waals surface area (Å²) in [6.07, 6.45) is 12.1. The standard InChI is InChI=1S/C13H23N/c1-3-11(4-1)12-7-9-14(10-8-12)13-5-2-6-13/h11-13H,1-10H2. The zero-order valence-electron chi connectivity index (χ0n) is 9.25. The van der Waals surface area contributed by atoms with E-state index < -0.39 is 0 Å². The van der Waals surface area contributed by atoms with Gasteiger partial charge in [0.2, 0.25) is 0 Å². The monoisotopic (exact) mass is 193 g/mol. The van der Waals surface area contributed by atoms with Crippen LogP contribution in [0.4, 0.5) is 0 Å². The van der Waals surface area contributed by atoms with Crippen LogP contribution in [0.1, 0.15) is 51.4 Å². The van der Waals surface area contributed by atoms with Gasteiger partial charge in [0.05, 0.1) is 0 Å². The van der Waals surface area contributed by atoms with E-state index in [9.17, 15) is 0 Å². The lowest BCUT2D eigenvalue weighted by molar-refractivity contribution is 0.0534. The maximum absolute atomic E-state index is 2.78. The molecular formula is C13H23N. The minimum Gasteiger partial charge on any atom is -0.300 e. The van der Waals surface area contributed by atoms with E-state index in [0.29, 0.717) is 0 Å². The first-order chi connectivity index (χ1) is 6.93. The topological polar surface area (TPSA) is 3.24 Å². The summed E-state index contributed by atoms with van der Waals surface area (Å²) in [5, 5.41) is 0. The molecule has 0 amide bonds. The third-order valence-electron chi connectivity index (χ3n) is 4.98. The molecule has 2 saturated carbocycles. The molecular weight excluding hydrogens is 170 g/mol. The van der Waals surface area contributed by atoms with Crippen molar-refractivity contribution in [1.29, 1.82) is 0 Å². The fourth-order valence-electron chi connectivity index (χ4n) is 3.42. The van der Waals surface area contributed by atoms with Gasteiger partial charge >= 0.3 is 0 Å². The Bertz CT molecular complexity index is 163. The largest absolute Gasteiger partial charge is 0.300 e. The van der Waals surface area contributed by atoms with Gasteiger partial charge in [-0.1, -0.05) is 25.7 Å². The molecule has 1 aliphatic heterocycles. The number of hydrogen-bond acceptors (Lipinski definition) is 1. The van der Waals surface area contributed by atoms with E-state index in [4.69, 9.17) is 0 Å². The fourth-order valence-corrected chi connectivity index (χ4v) is 3.42. The van der Waals surface area contributed by atoms with E-state index >= 15 is 0 Å². The molecule has 3 aliphatic rings. The maximum atomic E-state index is 2.78. The van der Waals surface area contributed by atoms with Crippen LogP contribution < -0.4 is 0 Å². The van der Waals surface area contributed by atoms with Crippen molar-refractivity contribution < 1.29 is 0 Å². The van der Waals surface area contributed by atoms with Gasteiger partial charge in [-0.2, -0.15) is 0 Å². The summed E-state index contributed by atoms with van der Waals surface area (Å²) in [5.74, 6) is 2.25. The second kappa shape index (κ2) is 3.84. The van der Waals surface area contributed by atoms with Gasteiger partial charge < -0.3 is 4.90 Å².